The normalized spacial score (nSPS) is 19.7. The van der Waals surface area contributed by atoms with E-state index in [1.165, 1.54) is 34.3 Å². The van der Waals surface area contributed by atoms with E-state index in [1.54, 1.807) is 6.92 Å². The number of carboxylic acid groups (broad SMARTS) is 1. The summed E-state index contributed by atoms with van der Waals surface area (Å²) in [5.41, 5.74) is 2.17. The van der Waals surface area contributed by atoms with Gasteiger partial charge in [0.15, 0.2) is 0 Å². The summed E-state index contributed by atoms with van der Waals surface area (Å²) >= 11 is 0. The first-order valence-corrected chi connectivity index (χ1v) is 16.5. The van der Waals surface area contributed by atoms with Crippen molar-refractivity contribution in [1.29, 1.82) is 0 Å². The molecule has 2 fully saturated rings. The predicted molar refractivity (Wildman–Crippen MR) is 177 cm³/mol. The van der Waals surface area contributed by atoms with E-state index >= 15 is 0 Å². The van der Waals surface area contributed by atoms with Crippen LogP contribution in [0.15, 0.2) is 90.5 Å². The molecule has 0 radical (unpaired) electrons. The highest BCUT2D eigenvalue weighted by atomic mass is 19.1. The molecule has 51 heavy (non-hydrogen) atoms. The van der Waals surface area contributed by atoms with Gasteiger partial charge in [-0.2, -0.15) is 10.2 Å². The number of piperazine rings is 1. The summed E-state index contributed by atoms with van der Waals surface area (Å²) in [4.78, 5) is 32.7. The highest BCUT2D eigenvalue weighted by Crippen LogP contribution is 2.38. The first-order chi connectivity index (χ1) is 24.7. The number of anilines is 2. The summed E-state index contributed by atoms with van der Waals surface area (Å²) in [5.74, 6) is -3.73. The fourth-order valence-electron chi connectivity index (χ4n) is 6.42. The summed E-state index contributed by atoms with van der Waals surface area (Å²) < 4.78 is 50.5. The summed E-state index contributed by atoms with van der Waals surface area (Å²) in [7, 11) is 0. The molecular formula is C35H35F2N8O6-. The van der Waals surface area contributed by atoms with Crippen LogP contribution in [0, 0.1) is 11.6 Å². The van der Waals surface area contributed by atoms with Crippen molar-refractivity contribution in [2.75, 3.05) is 49.2 Å². The molecular weight excluding hydrogens is 666 g/mol. The van der Waals surface area contributed by atoms with Crippen LogP contribution in [0.2, 0.25) is 0 Å². The first kappa shape index (κ1) is 33.9. The van der Waals surface area contributed by atoms with Crippen LogP contribution in [0.5, 0.6) is 5.75 Å². The van der Waals surface area contributed by atoms with Crippen molar-refractivity contribution in [2.45, 2.75) is 37.8 Å². The van der Waals surface area contributed by atoms with Crippen LogP contribution >= 0.6 is 0 Å². The molecule has 0 bridgehead atoms. The van der Waals surface area contributed by atoms with E-state index in [-0.39, 0.29) is 31.7 Å². The molecule has 0 N–H and O–H groups in total. The lowest BCUT2D eigenvalue weighted by Gasteiger charge is -2.37. The molecule has 0 amide bonds. The highest BCUT2D eigenvalue weighted by molar-refractivity contribution is 5.69. The van der Waals surface area contributed by atoms with Gasteiger partial charge in [-0.05, 0) is 67.1 Å². The molecule has 4 heterocycles. The van der Waals surface area contributed by atoms with Gasteiger partial charge in [0.2, 0.25) is 5.79 Å². The number of hydrogen-bond donors (Lipinski definition) is 0. The average molecular weight is 702 g/mol. The number of carbonyl (C=O) groups is 1. The Hall–Kier alpha value is -5.61. The van der Waals surface area contributed by atoms with Crippen LogP contribution in [-0.4, -0.2) is 80.6 Å². The Balaban J connectivity index is 0.925. The van der Waals surface area contributed by atoms with Gasteiger partial charge in [-0.15, -0.1) is 0 Å². The number of carbonyl (C=O) groups excluding carboxylic acids is 1. The molecule has 2 saturated heterocycles. The molecule has 2 aliphatic rings. The lowest BCUT2D eigenvalue weighted by molar-refractivity contribution is -0.310. The van der Waals surface area contributed by atoms with Gasteiger partial charge in [-0.3, -0.25) is 0 Å². The van der Waals surface area contributed by atoms with E-state index in [4.69, 9.17) is 14.2 Å². The van der Waals surface area contributed by atoms with Crippen LogP contribution in [0.3, 0.4) is 0 Å². The number of ether oxygens (including phenoxy) is 3. The molecule has 2 aromatic heterocycles. The Kier molecular flexibility index (Phi) is 9.51. The fraction of sp³-hybridized carbons (Fsp3) is 0.343. The van der Waals surface area contributed by atoms with E-state index in [1.807, 2.05) is 48.5 Å². The first-order valence-electron chi connectivity index (χ1n) is 16.5. The molecule has 3 aromatic carbocycles. The topological polar surface area (TPSA) is 145 Å². The Labute approximate surface area is 291 Å². The van der Waals surface area contributed by atoms with E-state index in [2.05, 4.69) is 25.0 Å². The fourth-order valence-corrected chi connectivity index (χ4v) is 6.42. The molecule has 266 valence electrons. The van der Waals surface area contributed by atoms with E-state index in [9.17, 15) is 23.5 Å². The minimum Gasteiger partial charge on any atom is -0.548 e. The summed E-state index contributed by atoms with van der Waals surface area (Å²) in [6.45, 7) is 5.09. The largest absolute Gasteiger partial charge is 0.548 e. The van der Waals surface area contributed by atoms with Crippen molar-refractivity contribution >= 4 is 17.3 Å². The molecule has 2 aliphatic heterocycles. The van der Waals surface area contributed by atoms with Gasteiger partial charge >= 0.3 is 5.69 Å². The Morgan fingerprint density at radius 2 is 1.63 bits per heavy atom. The lowest BCUT2D eigenvalue weighted by Crippen LogP contribution is -2.46. The van der Waals surface area contributed by atoms with Gasteiger partial charge < -0.3 is 33.9 Å². The number of aromatic nitrogens is 6. The zero-order valence-electron chi connectivity index (χ0n) is 27.7. The van der Waals surface area contributed by atoms with Gasteiger partial charge in [-0.1, -0.05) is 6.92 Å². The van der Waals surface area contributed by atoms with Crippen LogP contribution in [0.1, 0.15) is 24.9 Å². The maximum Gasteiger partial charge on any atom is 0.350 e. The number of carboxylic acids is 1. The zero-order chi connectivity index (χ0) is 35.5. The van der Waals surface area contributed by atoms with Crippen LogP contribution < -0.4 is 25.3 Å². The standard InChI is InChI=1S/C35H36F2N8O6/c1-2-32(33(46)47)45-34(48)44(23-40-45)27-6-4-25(5-7-27)41-13-15-42(16-14-41)26-8-10-28(11-9-26)49-18-29-19-50-35(51-29,20-43-22-38-21-39-43)30-12-3-24(36)17-31(30)37/h3-12,17,21-23,29,32H,2,13-16,18-20H2,1H3,(H,46,47)/p-1. The monoisotopic (exact) mass is 701 g/mol. The van der Waals surface area contributed by atoms with E-state index < -0.39 is 41.2 Å². The molecule has 0 saturated carbocycles. The minimum atomic E-state index is -1.53. The van der Waals surface area contributed by atoms with Crippen molar-refractivity contribution in [2.24, 2.45) is 0 Å². The number of nitrogens with zero attached hydrogens (tertiary/aromatic N) is 8. The molecule has 16 heteroatoms. The minimum absolute atomic E-state index is 0.0149. The third-order valence-corrected chi connectivity index (χ3v) is 9.10. The van der Waals surface area contributed by atoms with Crippen molar-refractivity contribution in [3.63, 3.8) is 0 Å². The maximum atomic E-state index is 14.9. The van der Waals surface area contributed by atoms with Gasteiger partial charge in [0.1, 0.15) is 55.6 Å². The average Bonchev–Trinajstić information content (AvgIpc) is 3.90. The van der Waals surface area contributed by atoms with Crippen LogP contribution in [0.25, 0.3) is 5.69 Å². The van der Waals surface area contributed by atoms with Crippen molar-refractivity contribution in [3.05, 3.63) is 113 Å². The molecule has 3 atom stereocenters. The molecule has 5 aromatic rings. The molecule has 14 nitrogen and oxygen atoms in total. The predicted octanol–water partition coefficient (Wildman–Crippen LogP) is 2.28. The summed E-state index contributed by atoms with van der Waals surface area (Å²) in [6, 6.07) is 17.4. The summed E-state index contributed by atoms with van der Waals surface area (Å²) in [6.07, 6.45) is 3.80. The van der Waals surface area contributed by atoms with Gasteiger partial charge in [0.05, 0.1) is 24.3 Å². The van der Waals surface area contributed by atoms with Gasteiger partial charge in [-0.25, -0.2) is 32.5 Å². The van der Waals surface area contributed by atoms with Crippen LogP contribution in [0.4, 0.5) is 20.2 Å². The van der Waals surface area contributed by atoms with Crippen LogP contribution in [-0.2, 0) is 26.6 Å². The number of benzene rings is 3. The van der Waals surface area contributed by atoms with Gasteiger partial charge in [0.25, 0.3) is 0 Å². The lowest BCUT2D eigenvalue weighted by atomic mass is 10.0. The second-order valence-electron chi connectivity index (χ2n) is 12.3. The molecule has 0 aliphatic carbocycles. The number of aliphatic carboxylic acids is 1. The third-order valence-electron chi connectivity index (χ3n) is 9.10. The zero-order valence-corrected chi connectivity index (χ0v) is 27.7. The maximum absolute atomic E-state index is 14.9. The van der Waals surface area contributed by atoms with Crippen molar-refractivity contribution in [3.8, 4) is 11.4 Å². The van der Waals surface area contributed by atoms with E-state index in [0.29, 0.717) is 11.4 Å². The number of halogens is 2. The Morgan fingerprint density at radius 1 is 0.961 bits per heavy atom. The number of hydrogen-bond acceptors (Lipinski definition) is 11. The molecule has 0 spiro atoms. The highest BCUT2D eigenvalue weighted by Gasteiger charge is 2.46. The number of rotatable bonds is 12. The van der Waals surface area contributed by atoms with Crippen molar-refractivity contribution in [1.82, 2.24) is 29.1 Å². The SMILES string of the molecule is CCC(C(=O)[O-])n1ncn(-c2ccc(N3CCN(c4ccc(OCC5COC(Cn6cncn6)(c6ccc(F)cc6F)O5)cc4)CC3)cc2)c1=O. The molecule has 3 unspecified atom stereocenters. The Morgan fingerprint density at radius 3 is 2.24 bits per heavy atom. The van der Waals surface area contributed by atoms with E-state index in [0.717, 1.165) is 54.4 Å². The second kappa shape index (κ2) is 14.3. The third kappa shape index (κ3) is 7.05. The van der Waals surface area contributed by atoms with Crippen molar-refractivity contribution < 1.29 is 32.9 Å². The van der Waals surface area contributed by atoms with Gasteiger partial charge in [0, 0.05) is 49.2 Å². The quantitative estimate of drug-likeness (QED) is 0.189. The summed E-state index contributed by atoms with van der Waals surface area (Å²) in [5, 5.41) is 19.5. The Bertz CT molecular complexity index is 2010. The smallest absolute Gasteiger partial charge is 0.350 e. The molecule has 7 rings (SSSR count). The second-order valence-corrected chi connectivity index (χ2v) is 12.3.